The largest absolute Gasteiger partial charge is 0.309 e. The minimum absolute atomic E-state index is 0.172. The molecule has 3 heteroatoms. The molecule has 0 bridgehead atoms. The van der Waals surface area contributed by atoms with Gasteiger partial charge in [0.05, 0.1) is 0 Å². The van der Waals surface area contributed by atoms with Gasteiger partial charge in [-0.3, -0.25) is 0 Å². The van der Waals surface area contributed by atoms with Gasteiger partial charge >= 0.3 is 0 Å². The summed E-state index contributed by atoms with van der Waals surface area (Å²) in [7, 11) is 4.07. The van der Waals surface area contributed by atoms with Gasteiger partial charge in [-0.1, -0.05) is 12.1 Å². The van der Waals surface area contributed by atoms with Crippen molar-refractivity contribution in [1.29, 1.82) is 0 Å². The molecule has 0 aliphatic carbocycles. The fourth-order valence-corrected chi connectivity index (χ4v) is 1.40. The molecule has 1 aromatic carbocycles. The molecule has 0 heterocycles. The Morgan fingerprint density at radius 3 is 2.73 bits per heavy atom. The summed E-state index contributed by atoms with van der Waals surface area (Å²) in [6.07, 6.45) is 0. The Balaban J connectivity index is 2.43. The first kappa shape index (κ1) is 12.1. The molecule has 0 unspecified atom stereocenters. The zero-order valence-electron chi connectivity index (χ0n) is 9.63. The van der Waals surface area contributed by atoms with Crippen molar-refractivity contribution in [3.8, 4) is 0 Å². The maximum atomic E-state index is 12.9. The Morgan fingerprint density at radius 1 is 1.40 bits per heavy atom. The SMILES string of the molecule is C[C@H](NCCN(C)C)c1cccc(F)c1. The van der Waals surface area contributed by atoms with Gasteiger partial charge in [0.15, 0.2) is 0 Å². The van der Waals surface area contributed by atoms with E-state index in [-0.39, 0.29) is 11.9 Å². The number of nitrogens with one attached hydrogen (secondary N) is 1. The molecular formula is C12H19FN2. The number of hydrogen-bond donors (Lipinski definition) is 1. The van der Waals surface area contributed by atoms with E-state index in [1.807, 2.05) is 27.1 Å². The maximum Gasteiger partial charge on any atom is 0.123 e. The molecule has 0 aromatic heterocycles. The normalized spacial score (nSPS) is 13.1. The summed E-state index contributed by atoms with van der Waals surface area (Å²) in [5.41, 5.74) is 0.994. The van der Waals surface area contributed by atoms with Crippen molar-refractivity contribution in [2.24, 2.45) is 0 Å². The van der Waals surface area contributed by atoms with Crippen LogP contribution in [0, 0.1) is 5.82 Å². The number of likely N-dealkylation sites (N-methyl/N-ethyl adjacent to an activating group) is 1. The summed E-state index contributed by atoms with van der Waals surface area (Å²) in [5.74, 6) is -0.172. The fourth-order valence-electron chi connectivity index (χ4n) is 1.40. The van der Waals surface area contributed by atoms with Crippen molar-refractivity contribution >= 4 is 0 Å². The van der Waals surface area contributed by atoms with Gasteiger partial charge < -0.3 is 10.2 Å². The van der Waals surface area contributed by atoms with Crippen LogP contribution in [-0.2, 0) is 0 Å². The lowest BCUT2D eigenvalue weighted by Gasteiger charge is -2.16. The average molecular weight is 210 g/mol. The predicted molar refractivity (Wildman–Crippen MR) is 61.4 cm³/mol. The number of rotatable bonds is 5. The van der Waals surface area contributed by atoms with Crippen molar-refractivity contribution < 1.29 is 4.39 Å². The second-order valence-electron chi connectivity index (χ2n) is 4.03. The highest BCUT2D eigenvalue weighted by Gasteiger charge is 2.04. The van der Waals surface area contributed by atoms with Crippen molar-refractivity contribution in [3.63, 3.8) is 0 Å². The summed E-state index contributed by atoms with van der Waals surface area (Å²) in [4.78, 5) is 2.12. The first-order valence-corrected chi connectivity index (χ1v) is 5.23. The van der Waals surface area contributed by atoms with Gasteiger partial charge in [0.25, 0.3) is 0 Å². The molecule has 0 spiro atoms. The van der Waals surface area contributed by atoms with Gasteiger partial charge in [0.2, 0.25) is 0 Å². The third-order valence-electron chi connectivity index (χ3n) is 2.36. The van der Waals surface area contributed by atoms with E-state index in [1.54, 1.807) is 12.1 Å². The van der Waals surface area contributed by atoms with E-state index >= 15 is 0 Å². The van der Waals surface area contributed by atoms with Gasteiger partial charge in [-0.25, -0.2) is 4.39 Å². The average Bonchev–Trinajstić information content (AvgIpc) is 2.17. The number of halogens is 1. The van der Waals surface area contributed by atoms with Crippen LogP contribution >= 0.6 is 0 Å². The highest BCUT2D eigenvalue weighted by atomic mass is 19.1. The molecule has 0 fully saturated rings. The van der Waals surface area contributed by atoms with Crippen LogP contribution in [0.15, 0.2) is 24.3 Å². The van der Waals surface area contributed by atoms with Gasteiger partial charge in [-0.15, -0.1) is 0 Å². The molecule has 1 N–H and O–H groups in total. The summed E-state index contributed by atoms with van der Waals surface area (Å²) in [6, 6.07) is 6.93. The Kier molecular flexibility index (Phi) is 4.72. The lowest BCUT2D eigenvalue weighted by molar-refractivity contribution is 0.389. The van der Waals surface area contributed by atoms with Crippen LogP contribution in [0.4, 0.5) is 4.39 Å². The lowest BCUT2D eigenvalue weighted by Crippen LogP contribution is -2.28. The zero-order chi connectivity index (χ0) is 11.3. The first-order valence-electron chi connectivity index (χ1n) is 5.23. The highest BCUT2D eigenvalue weighted by Crippen LogP contribution is 2.12. The van der Waals surface area contributed by atoms with E-state index in [4.69, 9.17) is 0 Å². The van der Waals surface area contributed by atoms with Crippen LogP contribution in [0.2, 0.25) is 0 Å². The van der Waals surface area contributed by atoms with E-state index < -0.39 is 0 Å². The third kappa shape index (κ3) is 4.40. The summed E-state index contributed by atoms with van der Waals surface area (Å²) in [6.45, 7) is 3.94. The Morgan fingerprint density at radius 2 is 2.13 bits per heavy atom. The third-order valence-corrected chi connectivity index (χ3v) is 2.36. The smallest absolute Gasteiger partial charge is 0.123 e. The van der Waals surface area contributed by atoms with E-state index in [0.717, 1.165) is 18.7 Å². The minimum atomic E-state index is -0.172. The molecule has 84 valence electrons. The van der Waals surface area contributed by atoms with Crippen LogP contribution in [0.25, 0.3) is 0 Å². The molecule has 0 saturated heterocycles. The number of benzene rings is 1. The number of hydrogen-bond acceptors (Lipinski definition) is 2. The van der Waals surface area contributed by atoms with Crippen LogP contribution in [-0.4, -0.2) is 32.1 Å². The van der Waals surface area contributed by atoms with Gasteiger partial charge in [-0.05, 0) is 38.7 Å². The molecule has 2 nitrogen and oxygen atoms in total. The van der Waals surface area contributed by atoms with Crippen molar-refractivity contribution in [2.75, 3.05) is 27.2 Å². The van der Waals surface area contributed by atoms with Crippen molar-refractivity contribution in [3.05, 3.63) is 35.6 Å². The quantitative estimate of drug-likeness (QED) is 0.800. The van der Waals surface area contributed by atoms with E-state index in [0.29, 0.717) is 0 Å². The molecule has 15 heavy (non-hydrogen) atoms. The predicted octanol–water partition coefficient (Wildman–Crippen LogP) is 2.04. The van der Waals surface area contributed by atoms with E-state index in [9.17, 15) is 4.39 Å². The molecule has 1 atom stereocenters. The second-order valence-corrected chi connectivity index (χ2v) is 4.03. The summed E-state index contributed by atoms with van der Waals surface area (Å²) >= 11 is 0. The highest BCUT2D eigenvalue weighted by molar-refractivity contribution is 5.19. The molecule has 0 radical (unpaired) electrons. The molecule has 1 rings (SSSR count). The Labute approximate surface area is 91.1 Å². The first-order chi connectivity index (χ1) is 7.09. The maximum absolute atomic E-state index is 12.9. The van der Waals surface area contributed by atoms with Crippen LogP contribution < -0.4 is 5.32 Å². The lowest BCUT2D eigenvalue weighted by atomic mass is 10.1. The summed E-state index contributed by atoms with van der Waals surface area (Å²) in [5, 5.41) is 3.35. The zero-order valence-corrected chi connectivity index (χ0v) is 9.63. The van der Waals surface area contributed by atoms with Gasteiger partial charge in [0, 0.05) is 19.1 Å². The van der Waals surface area contributed by atoms with Crippen LogP contribution in [0.3, 0.4) is 0 Å². The summed E-state index contributed by atoms with van der Waals surface area (Å²) < 4.78 is 12.9. The van der Waals surface area contributed by atoms with Gasteiger partial charge in [0.1, 0.15) is 5.82 Å². The van der Waals surface area contributed by atoms with Crippen LogP contribution in [0.5, 0.6) is 0 Å². The minimum Gasteiger partial charge on any atom is -0.309 e. The van der Waals surface area contributed by atoms with Crippen LogP contribution in [0.1, 0.15) is 18.5 Å². The molecule has 0 aliphatic heterocycles. The fraction of sp³-hybridized carbons (Fsp3) is 0.500. The van der Waals surface area contributed by atoms with E-state index in [2.05, 4.69) is 10.2 Å². The topological polar surface area (TPSA) is 15.3 Å². The Hall–Kier alpha value is -0.930. The molecule has 0 saturated carbocycles. The van der Waals surface area contributed by atoms with Crippen molar-refractivity contribution in [2.45, 2.75) is 13.0 Å². The standard InChI is InChI=1S/C12H19FN2/c1-10(14-7-8-15(2)3)11-5-4-6-12(13)9-11/h4-6,9-10,14H,7-8H2,1-3H3/t10-/m0/s1. The second kappa shape index (κ2) is 5.83. The monoisotopic (exact) mass is 210 g/mol. The van der Waals surface area contributed by atoms with Crippen molar-refractivity contribution in [1.82, 2.24) is 10.2 Å². The van der Waals surface area contributed by atoms with E-state index in [1.165, 1.54) is 6.07 Å². The molecule has 0 amide bonds. The molecule has 1 aromatic rings. The molecule has 0 aliphatic rings. The Bertz CT molecular complexity index is 299. The van der Waals surface area contributed by atoms with Gasteiger partial charge in [-0.2, -0.15) is 0 Å². The number of nitrogens with zero attached hydrogens (tertiary/aromatic N) is 1. The molecular weight excluding hydrogens is 191 g/mol.